The number of thioether (sulfide) groups is 1. The summed E-state index contributed by atoms with van der Waals surface area (Å²) in [6.45, 7) is 0. The molecule has 0 saturated heterocycles. The van der Waals surface area contributed by atoms with E-state index in [0.29, 0.717) is 11.5 Å². The van der Waals surface area contributed by atoms with Crippen molar-refractivity contribution in [3.8, 4) is 0 Å². The fraction of sp³-hybridized carbons (Fsp3) is 0.100. The first-order valence-corrected chi connectivity index (χ1v) is 6.53. The Morgan fingerprint density at radius 2 is 2.12 bits per heavy atom. The number of benzene rings is 1. The van der Waals surface area contributed by atoms with Gasteiger partial charge in [0.15, 0.2) is 4.34 Å². The highest BCUT2D eigenvalue weighted by Gasteiger charge is 2.08. The summed E-state index contributed by atoms with van der Waals surface area (Å²) in [4.78, 5) is 15.9. The molecule has 1 aromatic carbocycles. The average molecular weight is 251 g/mol. The monoisotopic (exact) mass is 251 g/mol. The van der Waals surface area contributed by atoms with Crippen LogP contribution in [0.2, 0.25) is 0 Å². The molecule has 0 aliphatic heterocycles. The van der Waals surface area contributed by atoms with E-state index >= 15 is 0 Å². The van der Waals surface area contributed by atoms with Crippen molar-refractivity contribution in [3.63, 3.8) is 0 Å². The van der Waals surface area contributed by atoms with Gasteiger partial charge in [-0.2, -0.15) is 9.36 Å². The van der Waals surface area contributed by atoms with Gasteiger partial charge in [0.2, 0.25) is 5.95 Å². The van der Waals surface area contributed by atoms with Gasteiger partial charge in [-0.05, 0) is 29.9 Å². The van der Waals surface area contributed by atoms with Crippen LogP contribution in [-0.2, 0) is 0 Å². The number of nitrogens with one attached hydrogen (secondary N) is 1. The molecule has 4 nitrogen and oxygen atoms in total. The number of carbonyl (C=O) groups is 1. The van der Waals surface area contributed by atoms with E-state index in [2.05, 4.69) is 14.7 Å². The number of carbonyl (C=O) groups excluding carboxylic acids is 1. The maximum absolute atomic E-state index is 11.7. The van der Waals surface area contributed by atoms with Crippen molar-refractivity contribution >= 4 is 35.1 Å². The molecule has 82 valence electrons. The van der Waals surface area contributed by atoms with E-state index in [-0.39, 0.29) is 5.91 Å². The Labute approximate surface area is 101 Å². The van der Waals surface area contributed by atoms with Gasteiger partial charge < -0.3 is 0 Å². The third kappa shape index (κ3) is 2.59. The second-order valence-electron chi connectivity index (χ2n) is 2.91. The summed E-state index contributed by atoms with van der Waals surface area (Å²) in [6, 6.07) is 8.99. The van der Waals surface area contributed by atoms with E-state index in [1.165, 1.54) is 23.3 Å². The Hall–Kier alpha value is -1.40. The van der Waals surface area contributed by atoms with Crippen LogP contribution >= 0.6 is 23.3 Å². The fourth-order valence-corrected chi connectivity index (χ4v) is 2.07. The number of amides is 1. The van der Waals surface area contributed by atoms with Gasteiger partial charge in [-0.25, -0.2) is 0 Å². The highest BCUT2D eigenvalue weighted by atomic mass is 32.2. The molecule has 16 heavy (non-hydrogen) atoms. The Bertz CT molecular complexity index is 484. The highest BCUT2D eigenvalue weighted by molar-refractivity contribution is 8.00. The number of rotatable bonds is 3. The molecule has 0 unspecified atom stereocenters. The molecule has 0 atom stereocenters. The van der Waals surface area contributed by atoms with E-state index < -0.39 is 0 Å². The van der Waals surface area contributed by atoms with Crippen molar-refractivity contribution in [2.45, 2.75) is 4.34 Å². The largest absolute Gasteiger partial charge is 0.290 e. The maximum Gasteiger partial charge on any atom is 0.258 e. The number of nitrogens with zero attached hydrogens (tertiary/aromatic N) is 2. The molecule has 6 heteroatoms. The zero-order valence-corrected chi connectivity index (χ0v) is 10.1. The normalized spacial score (nSPS) is 10.1. The molecule has 1 amide bonds. The zero-order chi connectivity index (χ0) is 11.4. The number of anilines is 1. The lowest BCUT2D eigenvalue weighted by atomic mass is 10.2. The molecule has 2 rings (SSSR count). The standard InChI is InChI=1S/C10H9N3OS2/c1-15-10-12-9(13-16-10)11-8(14)7-5-3-2-4-6-7/h2-6H,1H3,(H,11,13,14). The molecule has 0 radical (unpaired) electrons. The zero-order valence-electron chi connectivity index (χ0n) is 8.51. The minimum absolute atomic E-state index is 0.189. The first-order chi connectivity index (χ1) is 7.79. The van der Waals surface area contributed by atoms with Gasteiger partial charge in [-0.1, -0.05) is 30.0 Å². The number of hydrogen-bond donors (Lipinski definition) is 1. The van der Waals surface area contributed by atoms with Crippen LogP contribution in [0, 0.1) is 0 Å². The summed E-state index contributed by atoms with van der Waals surface area (Å²) in [5.74, 6) is 0.175. The van der Waals surface area contributed by atoms with Gasteiger partial charge in [0.1, 0.15) is 0 Å². The van der Waals surface area contributed by atoms with Crippen LogP contribution in [0.4, 0.5) is 5.95 Å². The molecule has 0 spiro atoms. The van der Waals surface area contributed by atoms with Crippen molar-refractivity contribution in [1.82, 2.24) is 9.36 Å². The molecule has 1 N–H and O–H groups in total. The van der Waals surface area contributed by atoms with Gasteiger partial charge in [-0.3, -0.25) is 10.1 Å². The highest BCUT2D eigenvalue weighted by Crippen LogP contribution is 2.19. The Morgan fingerprint density at radius 3 is 2.75 bits per heavy atom. The van der Waals surface area contributed by atoms with E-state index in [1.54, 1.807) is 12.1 Å². The third-order valence-electron chi connectivity index (χ3n) is 1.84. The van der Waals surface area contributed by atoms with Crippen LogP contribution in [-0.4, -0.2) is 21.5 Å². The van der Waals surface area contributed by atoms with E-state index in [4.69, 9.17) is 0 Å². The lowest BCUT2D eigenvalue weighted by Crippen LogP contribution is -2.12. The van der Waals surface area contributed by atoms with Gasteiger partial charge in [0.25, 0.3) is 5.91 Å². The Morgan fingerprint density at radius 1 is 1.38 bits per heavy atom. The summed E-state index contributed by atoms with van der Waals surface area (Å²) >= 11 is 2.78. The fourth-order valence-electron chi connectivity index (χ4n) is 1.11. The van der Waals surface area contributed by atoms with Crippen molar-refractivity contribution in [2.75, 3.05) is 11.6 Å². The van der Waals surface area contributed by atoms with Gasteiger partial charge in [0, 0.05) is 5.56 Å². The molecule has 1 aromatic heterocycles. The maximum atomic E-state index is 11.7. The topological polar surface area (TPSA) is 54.9 Å². The first-order valence-electron chi connectivity index (χ1n) is 4.53. The summed E-state index contributed by atoms with van der Waals surface area (Å²) < 4.78 is 4.87. The van der Waals surface area contributed by atoms with Crippen molar-refractivity contribution in [2.24, 2.45) is 0 Å². The predicted octanol–water partition coefficient (Wildman–Crippen LogP) is 2.51. The quantitative estimate of drug-likeness (QED) is 0.852. The lowest BCUT2D eigenvalue weighted by Gasteiger charge is -1.99. The van der Waals surface area contributed by atoms with E-state index in [0.717, 1.165) is 4.34 Å². The van der Waals surface area contributed by atoms with Crippen LogP contribution in [0.3, 0.4) is 0 Å². The van der Waals surface area contributed by atoms with Crippen LogP contribution in [0.15, 0.2) is 34.7 Å². The Kier molecular flexibility index (Phi) is 3.53. The van der Waals surface area contributed by atoms with Gasteiger partial charge in [0.05, 0.1) is 0 Å². The minimum atomic E-state index is -0.189. The van der Waals surface area contributed by atoms with Crippen molar-refractivity contribution in [1.29, 1.82) is 0 Å². The van der Waals surface area contributed by atoms with E-state index in [1.807, 2.05) is 24.5 Å². The summed E-state index contributed by atoms with van der Waals surface area (Å²) in [6.07, 6.45) is 1.92. The van der Waals surface area contributed by atoms with Crippen LogP contribution in [0.5, 0.6) is 0 Å². The summed E-state index contributed by atoms with van der Waals surface area (Å²) in [5, 5.41) is 2.65. The summed E-state index contributed by atoms with van der Waals surface area (Å²) in [7, 11) is 0. The molecule has 1 heterocycles. The molecular weight excluding hydrogens is 242 g/mol. The third-order valence-corrected chi connectivity index (χ3v) is 3.52. The van der Waals surface area contributed by atoms with Crippen molar-refractivity contribution < 1.29 is 4.79 Å². The average Bonchev–Trinajstić information content (AvgIpc) is 2.78. The molecule has 0 aliphatic rings. The molecule has 0 fully saturated rings. The molecule has 2 aromatic rings. The molecule has 0 bridgehead atoms. The number of aromatic nitrogens is 2. The van der Waals surface area contributed by atoms with Crippen molar-refractivity contribution in [3.05, 3.63) is 35.9 Å². The van der Waals surface area contributed by atoms with Crippen LogP contribution in [0.1, 0.15) is 10.4 Å². The van der Waals surface area contributed by atoms with E-state index in [9.17, 15) is 4.79 Å². The summed E-state index contributed by atoms with van der Waals surface area (Å²) in [5.41, 5.74) is 0.600. The second-order valence-corrected chi connectivity index (χ2v) is 4.71. The van der Waals surface area contributed by atoms with Gasteiger partial charge in [-0.15, -0.1) is 0 Å². The predicted molar refractivity (Wildman–Crippen MR) is 66.1 cm³/mol. The van der Waals surface area contributed by atoms with Crippen LogP contribution < -0.4 is 5.32 Å². The SMILES string of the molecule is CSc1nc(NC(=O)c2ccccc2)ns1. The second kappa shape index (κ2) is 5.09. The minimum Gasteiger partial charge on any atom is -0.290 e. The lowest BCUT2D eigenvalue weighted by molar-refractivity contribution is 0.102. The number of hydrogen-bond acceptors (Lipinski definition) is 5. The molecule has 0 aliphatic carbocycles. The van der Waals surface area contributed by atoms with Crippen LogP contribution in [0.25, 0.3) is 0 Å². The first kappa shape index (κ1) is 11.1. The smallest absolute Gasteiger partial charge is 0.258 e. The Balaban J connectivity index is 2.08. The van der Waals surface area contributed by atoms with Gasteiger partial charge >= 0.3 is 0 Å². The molecule has 0 saturated carbocycles. The molecular formula is C10H9N3OS2.